The lowest BCUT2D eigenvalue weighted by atomic mass is 9.89. The molecule has 0 radical (unpaired) electrons. The molecule has 0 aliphatic carbocycles. The fraction of sp³-hybridized carbons (Fsp3) is 0.750. The third-order valence-corrected chi connectivity index (χ3v) is 2.91. The average molecular weight is 240 g/mol. The number of Topliss-reactive ketones (excluding diaryl/α,β-unsaturated/α-hetero) is 1. The highest BCUT2D eigenvalue weighted by Gasteiger charge is 2.36. The van der Waals surface area contributed by atoms with E-state index >= 15 is 0 Å². The number of rotatable bonds is 2. The fourth-order valence-electron chi connectivity index (χ4n) is 1.87. The molecule has 5 heteroatoms. The summed E-state index contributed by atoms with van der Waals surface area (Å²) in [5.41, 5.74) is -0.787. The van der Waals surface area contributed by atoms with E-state index < -0.39 is 29.1 Å². The highest BCUT2D eigenvalue weighted by molar-refractivity contribution is 6.38. The summed E-state index contributed by atoms with van der Waals surface area (Å²) in [5.74, 6) is -2.53. The van der Waals surface area contributed by atoms with Crippen LogP contribution >= 0.6 is 0 Å². The van der Waals surface area contributed by atoms with Gasteiger partial charge in [0.1, 0.15) is 0 Å². The number of amides is 1. The Labute approximate surface area is 101 Å². The van der Waals surface area contributed by atoms with Gasteiger partial charge < -0.3 is 14.8 Å². The number of carboxylic acids is 1. The molecule has 1 saturated heterocycles. The van der Waals surface area contributed by atoms with Crippen molar-refractivity contribution < 1.29 is 19.5 Å². The van der Waals surface area contributed by atoms with Crippen molar-refractivity contribution in [3.05, 3.63) is 0 Å². The Morgan fingerprint density at radius 2 is 1.76 bits per heavy atom. The highest BCUT2D eigenvalue weighted by atomic mass is 16.4. The summed E-state index contributed by atoms with van der Waals surface area (Å²) in [6.45, 7) is 5.25. The number of likely N-dealkylation sites (tertiary alicyclic amines) is 1. The standard InChI is InChI=1S/C12H19NO4/c1-12(2,3)9(14)10(15)13-7-5-4-6-8(13)11(16)17/h8H,4-7H2,1-3H3,(H,16,17)/p-1. The molecule has 1 amide bonds. The van der Waals surface area contributed by atoms with E-state index in [1.54, 1.807) is 20.8 Å². The van der Waals surface area contributed by atoms with Crippen LogP contribution in [0.3, 0.4) is 0 Å². The van der Waals surface area contributed by atoms with Gasteiger partial charge in [0.25, 0.3) is 5.91 Å². The van der Waals surface area contributed by atoms with Crippen molar-refractivity contribution in [3.8, 4) is 0 Å². The molecule has 0 saturated carbocycles. The quantitative estimate of drug-likeness (QED) is 0.623. The van der Waals surface area contributed by atoms with Crippen LogP contribution < -0.4 is 5.11 Å². The number of hydrogen-bond donors (Lipinski definition) is 0. The molecule has 1 heterocycles. The number of nitrogens with zero attached hydrogens (tertiary/aromatic N) is 1. The van der Waals surface area contributed by atoms with E-state index in [4.69, 9.17) is 0 Å². The Kier molecular flexibility index (Phi) is 3.91. The van der Waals surface area contributed by atoms with Gasteiger partial charge in [0.2, 0.25) is 5.78 Å². The second kappa shape index (κ2) is 4.85. The SMILES string of the molecule is CC(C)(C)C(=O)C(=O)N1CCCCC1C(=O)[O-]. The lowest BCUT2D eigenvalue weighted by Crippen LogP contribution is -2.55. The first-order valence-corrected chi connectivity index (χ1v) is 5.81. The molecule has 96 valence electrons. The molecule has 1 rings (SSSR count). The van der Waals surface area contributed by atoms with E-state index in [9.17, 15) is 19.5 Å². The summed E-state index contributed by atoms with van der Waals surface area (Å²) in [6, 6.07) is -0.956. The second-order valence-electron chi connectivity index (χ2n) is 5.41. The topological polar surface area (TPSA) is 77.5 Å². The lowest BCUT2D eigenvalue weighted by Gasteiger charge is -2.36. The minimum Gasteiger partial charge on any atom is -0.548 e. The van der Waals surface area contributed by atoms with Gasteiger partial charge in [0.05, 0.1) is 12.0 Å². The lowest BCUT2D eigenvalue weighted by molar-refractivity contribution is -0.312. The van der Waals surface area contributed by atoms with E-state index in [0.29, 0.717) is 13.0 Å². The van der Waals surface area contributed by atoms with Crippen molar-refractivity contribution in [2.75, 3.05) is 6.54 Å². The van der Waals surface area contributed by atoms with Crippen LogP contribution in [0.1, 0.15) is 40.0 Å². The summed E-state index contributed by atoms with van der Waals surface area (Å²) < 4.78 is 0. The zero-order valence-electron chi connectivity index (χ0n) is 10.5. The number of carboxylic acid groups (broad SMARTS) is 1. The zero-order valence-corrected chi connectivity index (χ0v) is 10.5. The molecule has 0 aromatic carbocycles. The average Bonchev–Trinajstić information content (AvgIpc) is 2.25. The maximum absolute atomic E-state index is 11.9. The number of hydrogen-bond acceptors (Lipinski definition) is 4. The molecule has 17 heavy (non-hydrogen) atoms. The number of piperidine rings is 1. The molecule has 1 fully saturated rings. The van der Waals surface area contributed by atoms with Crippen LogP contribution in [-0.2, 0) is 14.4 Å². The zero-order chi connectivity index (χ0) is 13.2. The Morgan fingerprint density at radius 3 is 2.24 bits per heavy atom. The van der Waals surface area contributed by atoms with Gasteiger partial charge in [-0.1, -0.05) is 20.8 Å². The molecule has 0 spiro atoms. The van der Waals surface area contributed by atoms with Gasteiger partial charge in [-0.2, -0.15) is 0 Å². The van der Waals surface area contributed by atoms with Crippen molar-refractivity contribution in [1.29, 1.82) is 0 Å². The summed E-state index contributed by atoms with van der Waals surface area (Å²) in [6.07, 6.45) is 1.84. The number of carbonyl (C=O) groups excluding carboxylic acids is 3. The second-order valence-corrected chi connectivity index (χ2v) is 5.41. The minimum atomic E-state index is -1.28. The van der Waals surface area contributed by atoms with E-state index in [1.165, 1.54) is 0 Å². The minimum absolute atomic E-state index is 0.319. The molecular formula is C12H18NO4-. The van der Waals surface area contributed by atoms with Gasteiger partial charge in [-0.05, 0) is 19.3 Å². The van der Waals surface area contributed by atoms with Crippen LogP contribution in [0.25, 0.3) is 0 Å². The van der Waals surface area contributed by atoms with Crippen molar-refractivity contribution in [1.82, 2.24) is 4.90 Å². The summed E-state index contributed by atoms with van der Waals surface area (Å²) in [7, 11) is 0. The number of ketones is 1. The fourth-order valence-corrected chi connectivity index (χ4v) is 1.87. The summed E-state index contributed by atoms with van der Waals surface area (Å²) in [4.78, 5) is 35.8. The van der Waals surface area contributed by atoms with E-state index in [-0.39, 0.29) is 0 Å². The van der Waals surface area contributed by atoms with Gasteiger partial charge >= 0.3 is 0 Å². The monoisotopic (exact) mass is 240 g/mol. The first kappa shape index (κ1) is 13.7. The normalized spacial score (nSPS) is 21.1. The highest BCUT2D eigenvalue weighted by Crippen LogP contribution is 2.21. The molecule has 1 unspecified atom stereocenters. The summed E-state index contributed by atoms with van der Waals surface area (Å²) >= 11 is 0. The maximum atomic E-state index is 11.9. The van der Waals surface area contributed by atoms with Crippen LogP contribution in [0.2, 0.25) is 0 Å². The van der Waals surface area contributed by atoms with Gasteiger partial charge in [0.15, 0.2) is 0 Å². The first-order chi connectivity index (χ1) is 7.75. The Bertz CT molecular complexity index is 343. The van der Waals surface area contributed by atoms with Crippen LogP contribution in [-0.4, -0.2) is 35.1 Å². The smallest absolute Gasteiger partial charge is 0.291 e. The van der Waals surface area contributed by atoms with Crippen molar-refractivity contribution in [2.45, 2.75) is 46.1 Å². The molecule has 1 atom stereocenters. The van der Waals surface area contributed by atoms with Gasteiger partial charge in [-0.25, -0.2) is 0 Å². The largest absolute Gasteiger partial charge is 0.548 e. The predicted molar refractivity (Wildman–Crippen MR) is 58.8 cm³/mol. The third kappa shape index (κ3) is 3.05. The van der Waals surface area contributed by atoms with Crippen molar-refractivity contribution >= 4 is 17.7 Å². The van der Waals surface area contributed by atoms with Gasteiger partial charge in [-0.3, -0.25) is 9.59 Å². The predicted octanol–water partition coefficient (Wildman–Crippen LogP) is -0.267. The van der Waals surface area contributed by atoms with E-state index in [2.05, 4.69) is 0 Å². The van der Waals surface area contributed by atoms with Gasteiger partial charge in [0, 0.05) is 12.0 Å². The molecule has 1 aliphatic rings. The van der Waals surface area contributed by atoms with Crippen molar-refractivity contribution in [2.24, 2.45) is 5.41 Å². The number of carbonyl (C=O) groups is 3. The van der Waals surface area contributed by atoms with E-state index in [1.807, 2.05) is 0 Å². The van der Waals surface area contributed by atoms with Crippen molar-refractivity contribution in [3.63, 3.8) is 0 Å². The van der Waals surface area contributed by atoms with Crippen LogP contribution in [0.15, 0.2) is 0 Å². The third-order valence-electron chi connectivity index (χ3n) is 2.91. The number of aliphatic carboxylic acids is 1. The molecular weight excluding hydrogens is 222 g/mol. The Morgan fingerprint density at radius 1 is 1.18 bits per heavy atom. The molecule has 5 nitrogen and oxygen atoms in total. The van der Waals surface area contributed by atoms with Crippen LogP contribution in [0.5, 0.6) is 0 Å². The molecule has 1 aliphatic heterocycles. The molecule has 0 aromatic rings. The van der Waals surface area contributed by atoms with Crippen LogP contribution in [0.4, 0.5) is 0 Å². The molecule has 0 aromatic heterocycles. The molecule has 0 N–H and O–H groups in total. The Hall–Kier alpha value is -1.39. The van der Waals surface area contributed by atoms with Gasteiger partial charge in [-0.15, -0.1) is 0 Å². The summed E-state index contributed by atoms with van der Waals surface area (Å²) in [5, 5.41) is 10.9. The first-order valence-electron chi connectivity index (χ1n) is 5.81. The van der Waals surface area contributed by atoms with E-state index in [0.717, 1.165) is 17.7 Å². The Balaban J connectivity index is 2.86. The van der Waals surface area contributed by atoms with Crippen LogP contribution in [0, 0.1) is 5.41 Å². The maximum Gasteiger partial charge on any atom is 0.291 e. The molecule has 0 bridgehead atoms.